The molecule has 0 spiro atoms. The molecule has 28 heavy (non-hydrogen) atoms. The van der Waals surface area contributed by atoms with Crippen molar-refractivity contribution in [1.29, 1.82) is 0 Å². The van der Waals surface area contributed by atoms with Crippen LogP contribution in [-0.2, 0) is 16.2 Å². The van der Waals surface area contributed by atoms with E-state index in [4.69, 9.17) is 14.6 Å². The van der Waals surface area contributed by atoms with Crippen LogP contribution in [0.15, 0.2) is 46.9 Å². The fraction of sp³-hybridized carbons (Fsp3) is 0.238. The van der Waals surface area contributed by atoms with Crippen LogP contribution in [0.4, 0.5) is 0 Å². The number of amides is 1. The lowest BCUT2D eigenvalue weighted by Gasteiger charge is -2.14. The Balaban J connectivity index is 2.11. The zero-order valence-electron chi connectivity index (χ0n) is 15.9. The quantitative estimate of drug-likeness (QED) is 0.598. The predicted octanol–water partition coefficient (Wildman–Crippen LogP) is 3.95. The normalized spacial score (nSPS) is 11.9. The van der Waals surface area contributed by atoms with E-state index in [9.17, 15) is 9.59 Å². The Morgan fingerprint density at radius 2 is 1.93 bits per heavy atom. The van der Waals surface area contributed by atoms with Gasteiger partial charge in [-0.05, 0) is 59.1 Å². The summed E-state index contributed by atoms with van der Waals surface area (Å²) in [5.41, 5.74) is 2.91. The van der Waals surface area contributed by atoms with Gasteiger partial charge in [-0.15, -0.1) is 0 Å². The van der Waals surface area contributed by atoms with Crippen molar-refractivity contribution in [3.63, 3.8) is 0 Å². The maximum Gasteiger partial charge on any atom is 0.325 e. The van der Waals surface area contributed by atoms with E-state index in [2.05, 4.69) is 21.2 Å². The SMILES string of the molecule is COc1cc(/C=C/C(=O)N[C@H](C)C(=O)O)cc(Br)c1OCc1ccc(C)cc1. The summed E-state index contributed by atoms with van der Waals surface area (Å²) in [6.45, 7) is 3.81. The first-order valence-corrected chi connectivity index (χ1v) is 9.36. The molecule has 6 nitrogen and oxygen atoms in total. The van der Waals surface area contributed by atoms with Crippen molar-refractivity contribution in [2.24, 2.45) is 0 Å². The number of nitrogens with one attached hydrogen (secondary N) is 1. The van der Waals surface area contributed by atoms with E-state index < -0.39 is 17.9 Å². The Morgan fingerprint density at radius 3 is 2.54 bits per heavy atom. The van der Waals surface area contributed by atoms with Crippen LogP contribution < -0.4 is 14.8 Å². The highest BCUT2D eigenvalue weighted by Crippen LogP contribution is 2.37. The molecule has 0 bridgehead atoms. The number of carbonyl (C=O) groups is 2. The number of carboxylic acids is 1. The third-order valence-electron chi connectivity index (χ3n) is 3.91. The average Bonchev–Trinajstić information content (AvgIpc) is 2.66. The molecule has 0 saturated heterocycles. The summed E-state index contributed by atoms with van der Waals surface area (Å²) in [6.07, 6.45) is 2.84. The van der Waals surface area contributed by atoms with E-state index in [-0.39, 0.29) is 0 Å². The summed E-state index contributed by atoms with van der Waals surface area (Å²) < 4.78 is 12.0. The van der Waals surface area contributed by atoms with Gasteiger partial charge in [0, 0.05) is 6.08 Å². The summed E-state index contributed by atoms with van der Waals surface area (Å²) in [4.78, 5) is 22.6. The minimum atomic E-state index is -1.10. The molecule has 0 radical (unpaired) electrons. The van der Waals surface area contributed by atoms with Crippen LogP contribution in [0, 0.1) is 6.92 Å². The molecule has 0 aliphatic heterocycles. The Kier molecular flexibility index (Phi) is 7.63. The second kappa shape index (κ2) is 9.94. The van der Waals surface area contributed by atoms with Gasteiger partial charge in [-0.25, -0.2) is 0 Å². The predicted molar refractivity (Wildman–Crippen MR) is 110 cm³/mol. The lowest BCUT2D eigenvalue weighted by molar-refractivity contribution is -0.140. The summed E-state index contributed by atoms with van der Waals surface area (Å²) in [7, 11) is 1.54. The van der Waals surface area contributed by atoms with Crippen LogP contribution in [0.25, 0.3) is 6.08 Å². The second-order valence-corrected chi connectivity index (χ2v) is 7.06. The maximum atomic E-state index is 11.8. The zero-order valence-corrected chi connectivity index (χ0v) is 17.4. The number of rotatable bonds is 8. The molecule has 148 valence electrons. The van der Waals surface area contributed by atoms with Crippen molar-refractivity contribution >= 4 is 33.9 Å². The molecule has 7 heteroatoms. The number of ether oxygens (including phenoxy) is 2. The van der Waals surface area contributed by atoms with Crippen LogP contribution in [0.2, 0.25) is 0 Å². The molecular weight excluding hydrogens is 426 g/mol. The Labute approximate surface area is 172 Å². The lowest BCUT2D eigenvalue weighted by Crippen LogP contribution is -2.37. The van der Waals surface area contributed by atoms with Crippen molar-refractivity contribution < 1.29 is 24.2 Å². The van der Waals surface area contributed by atoms with E-state index in [1.54, 1.807) is 18.2 Å². The van der Waals surface area contributed by atoms with Gasteiger partial charge in [0.2, 0.25) is 5.91 Å². The molecule has 0 heterocycles. The molecule has 1 atom stereocenters. The minimum absolute atomic E-state index is 0.389. The van der Waals surface area contributed by atoms with E-state index in [0.29, 0.717) is 28.1 Å². The molecule has 2 N–H and O–H groups in total. The molecule has 0 aliphatic carbocycles. The van der Waals surface area contributed by atoms with E-state index in [1.807, 2.05) is 31.2 Å². The molecule has 2 rings (SSSR count). The molecule has 0 unspecified atom stereocenters. The molecule has 2 aromatic carbocycles. The standard InChI is InChI=1S/C21H22BrNO5/c1-13-4-6-15(7-5-13)12-28-20-17(22)10-16(11-18(20)27-3)8-9-19(24)23-14(2)21(25)26/h4-11,14H,12H2,1-3H3,(H,23,24)(H,25,26)/b9-8+/t14-/m1/s1. The zero-order chi connectivity index (χ0) is 20.7. The number of carboxylic acid groups (broad SMARTS) is 1. The van der Waals surface area contributed by atoms with Crippen LogP contribution in [0.1, 0.15) is 23.6 Å². The Bertz CT molecular complexity index is 877. The molecule has 2 aromatic rings. The molecule has 0 saturated carbocycles. The Hall–Kier alpha value is -2.80. The smallest absolute Gasteiger partial charge is 0.325 e. The number of hydrogen-bond donors (Lipinski definition) is 2. The van der Waals surface area contributed by atoms with Crippen LogP contribution in [0.5, 0.6) is 11.5 Å². The van der Waals surface area contributed by atoms with Gasteiger partial charge in [-0.2, -0.15) is 0 Å². The first kappa shape index (κ1) is 21.5. The van der Waals surface area contributed by atoms with Gasteiger partial charge in [-0.1, -0.05) is 29.8 Å². The maximum absolute atomic E-state index is 11.8. The van der Waals surface area contributed by atoms with Crippen molar-refractivity contribution in [2.75, 3.05) is 7.11 Å². The third kappa shape index (κ3) is 6.13. The molecule has 0 aliphatic rings. The van der Waals surface area contributed by atoms with Gasteiger partial charge >= 0.3 is 5.97 Å². The molecule has 1 amide bonds. The number of aliphatic carboxylic acids is 1. The highest BCUT2D eigenvalue weighted by Gasteiger charge is 2.13. The van der Waals surface area contributed by atoms with Gasteiger partial charge in [0.05, 0.1) is 11.6 Å². The van der Waals surface area contributed by atoms with Crippen LogP contribution in [0.3, 0.4) is 0 Å². The van der Waals surface area contributed by atoms with E-state index in [0.717, 1.165) is 5.56 Å². The van der Waals surface area contributed by atoms with Crippen LogP contribution in [-0.4, -0.2) is 30.1 Å². The number of methoxy groups -OCH3 is 1. The monoisotopic (exact) mass is 447 g/mol. The number of aryl methyl sites for hydroxylation is 1. The van der Waals surface area contributed by atoms with E-state index >= 15 is 0 Å². The Morgan fingerprint density at radius 1 is 1.25 bits per heavy atom. The van der Waals surface area contributed by atoms with Crippen molar-refractivity contribution in [3.8, 4) is 11.5 Å². The average molecular weight is 448 g/mol. The summed E-state index contributed by atoms with van der Waals surface area (Å²) >= 11 is 3.47. The van der Waals surface area contributed by atoms with Gasteiger partial charge in [0.25, 0.3) is 0 Å². The summed E-state index contributed by atoms with van der Waals surface area (Å²) in [5.74, 6) is -0.518. The topological polar surface area (TPSA) is 84.9 Å². The fourth-order valence-corrected chi connectivity index (χ4v) is 2.89. The summed E-state index contributed by atoms with van der Waals surface area (Å²) in [6, 6.07) is 10.6. The highest BCUT2D eigenvalue weighted by molar-refractivity contribution is 9.10. The highest BCUT2D eigenvalue weighted by atomic mass is 79.9. The second-order valence-electron chi connectivity index (χ2n) is 6.21. The molecule has 0 aromatic heterocycles. The van der Waals surface area contributed by atoms with Gasteiger partial charge in [0.1, 0.15) is 12.6 Å². The number of carbonyl (C=O) groups excluding carboxylic acids is 1. The first-order valence-electron chi connectivity index (χ1n) is 8.57. The minimum Gasteiger partial charge on any atom is -0.493 e. The van der Waals surface area contributed by atoms with Crippen LogP contribution >= 0.6 is 15.9 Å². The lowest BCUT2D eigenvalue weighted by atomic mass is 10.1. The van der Waals surface area contributed by atoms with Gasteiger partial charge < -0.3 is 19.9 Å². The first-order chi connectivity index (χ1) is 13.3. The van der Waals surface area contributed by atoms with Crippen molar-refractivity contribution in [1.82, 2.24) is 5.32 Å². The van der Waals surface area contributed by atoms with Crippen molar-refractivity contribution in [2.45, 2.75) is 26.5 Å². The number of benzene rings is 2. The van der Waals surface area contributed by atoms with Gasteiger partial charge in [0.15, 0.2) is 11.5 Å². The fourth-order valence-electron chi connectivity index (χ4n) is 2.31. The molecular formula is C21H22BrNO5. The largest absolute Gasteiger partial charge is 0.493 e. The van der Waals surface area contributed by atoms with E-state index in [1.165, 1.54) is 25.7 Å². The third-order valence-corrected chi connectivity index (χ3v) is 4.50. The van der Waals surface area contributed by atoms with Gasteiger partial charge in [-0.3, -0.25) is 9.59 Å². The summed E-state index contributed by atoms with van der Waals surface area (Å²) in [5, 5.41) is 11.2. The number of halogens is 1. The van der Waals surface area contributed by atoms with Crippen molar-refractivity contribution in [3.05, 3.63) is 63.6 Å². The molecule has 0 fully saturated rings. The number of hydrogen-bond acceptors (Lipinski definition) is 4.